The molecule has 0 aliphatic carbocycles. The Morgan fingerprint density at radius 3 is 2.64 bits per heavy atom. The second-order valence-electron chi connectivity index (χ2n) is 6.28. The zero-order valence-electron chi connectivity index (χ0n) is 14.8. The fraction of sp³-hybridized carbons (Fsp3) is 0.529. The summed E-state index contributed by atoms with van der Waals surface area (Å²) in [7, 11) is 3.97. The summed E-state index contributed by atoms with van der Waals surface area (Å²) in [5.41, 5.74) is 0.676. The minimum absolute atomic E-state index is 0.207. The lowest BCUT2D eigenvalue weighted by Gasteiger charge is -2.32. The van der Waals surface area contributed by atoms with E-state index in [4.69, 9.17) is 0 Å². The van der Waals surface area contributed by atoms with E-state index in [1.165, 1.54) is 12.3 Å². The molecule has 1 aromatic heterocycles. The van der Waals surface area contributed by atoms with Crippen molar-refractivity contribution in [1.29, 1.82) is 0 Å². The van der Waals surface area contributed by atoms with Crippen LogP contribution in [-0.2, 0) is 4.79 Å². The predicted molar refractivity (Wildman–Crippen MR) is 93.3 cm³/mol. The quantitative estimate of drug-likeness (QED) is 0.540. The molecule has 1 fully saturated rings. The Kier molecular flexibility index (Phi) is 6.88. The van der Waals surface area contributed by atoms with Crippen molar-refractivity contribution in [3.63, 3.8) is 0 Å². The van der Waals surface area contributed by atoms with E-state index < -0.39 is 0 Å². The Bertz CT molecular complexity index is 612. The van der Waals surface area contributed by atoms with Gasteiger partial charge in [-0.3, -0.25) is 19.4 Å². The van der Waals surface area contributed by atoms with E-state index in [2.05, 4.69) is 15.2 Å². The van der Waals surface area contributed by atoms with Gasteiger partial charge in [0.2, 0.25) is 6.41 Å². The summed E-state index contributed by atoms with van der Waals surface area (Å²) in [6.07, 6.45) is 3.13. The third-order valence-corrected chi connectivity index (χ3v) is 4.06. The molecule has 0 radical (unpaired) electrons. The maximum absolute atomic E-state index is 12.5. The van der Waals surface area contributed by atoms with Crippen molar-refractivity contribution in [3.05, 3.63) is 29.6 Å². The maximum atomic E-state index is 12.5. The average molecular weight is 347 g/mol. The summed E-state index contributed by atoms with van der Waals surface area (Å²) in [5.74, 6) is -0.422. The molecular weight excluding hydrogens is 322 g/mol. The van der Waals surface area contributed by atoms with Crippen molar-refractivity contribution in [2.75, 3.05) is 53.4 Å². The lowest BCUT2D eigenvalue weighted by Crippen LogP contribution is -2.48. The van der Waals surface area contributed by atoms with Gasteiger partial charge in [-0.2, -0.15) is 0 Å². The van der Waals surface area contributed by atoms with Crippen LogP contribution in [0.15, 0.2) is 18.3 Å². The molecule has 0 saturated carbocycles. The summed E-state index contributed by atoms with van der Waals surface area (Å²) in [5, 5.41) is 2.85. The van der Waals surface area contributed by atoms with Gasteiger partial charge >= 0.3 is 0 Å². The summed E-state index contributed by atoms with van der Waals surface area (Å²) < 4.78 is 0. The van der Waals surface area contributed by atoms with Crippen molar-refractivity contribution >= 4 is 18.2 Å². The lowest BCUT2D eigenvalue weighted by molar-refractivity contribution is -0.119. The van der Waals surface area contributed by atoms with Crippen molar-refractivity contribution < 1.29 is 14.4 Å². The topological polar surface area (TPSA) is 85.8 Å². The molecule has 1 aromatic rings. The predicted octanol–water partition coefficient (Wildman–Crippen LogP) is -0.323. The molecule has 2 rings (SSSR count). The van der Waals surface area contributed by atoms with Crippen LogP contribution in [0.25, 0.3) is 0 Å². The maximum Gasteiger partial charge on any atom is 0.272 e. The van der Waals surface area contributed by atoms with Gasteiger partial charge in [-0.05, 0) is 39.2 Å². The van der Waals surface area contributed by atoms with E-state index in [0.29, 0.717) is 38.3 Å². The number of pyridine rings is 1. The van der Waals surface area contributed by atoms with Crippen LogP contribution in [-0.4, -0.2) is 91.3 Å². The van der Waals surface area contributed by atoms with E-state index in [9.17, 15) is 14.4 Å². The molecule has 136 valence electrons. The normalized spacial score (nSPS) is 14.5. The lowest BCUT2D eigenvalue weighted by atomic mass is 10.2. The van der Waals surface area contributed by atoms with E-state index in [1.54, 1.807) is 15.9 Å². The first-order valence-corrected chi connectivity index (χ1v) is 8.39. The van der Waals surface area contributed by atoms with Crippen LogP contribution < -0.4 is 5.32 Å². The highest BCUT2D eigenvalue weighted by Gasteiger charge is 2.22. The second kappa shape index (κ2) is 9.12. The summed E-state index contributed by atoms with van der Waals surface area (Å²) >= 11 is 0. The molecule has 8 heteroatoms. The Balaban J connectivity index is 1.92. The first kappa shape index (κ1) is 18.9. The van der Waals surface area contributed by atoms with Gasteiger partial charge in [0.05, 0.1) is 0 Å². The highest BCUT2D eigenvalue weighted by Crippen LogP contribution is 2.08. The fourth-order valence-corrected chi connectivity index (χ4v) is 2.58. The van der Waals surface area contributed by atoms with Gasteiger partial charge in [0.25, 0.3) is 11.8 Å². The first-order chi connectivity index (χ1) is 12.0. The molecule has 25 heavy (non-hydrogen) atoms. The van der Waals surface area contributed by atoms with Crippen LogP contribution in [0.3, 0.4) is 0 Å². The molecule has 0 atom stereocenters. The minimum atomic E-state index is -0.215. The summed E-state index contributed by atoms with van der Waals surface area (Å²) in [4.78, 5) is 44.9. The standard InChI is InChI=1S/C17H25N5O3/c1-20(2)7-3-5-19-16(24)14-4-6-18-15(12-14)17(25)22-10-8-21(13-23)9-11-22/h4,6,12-13H,3,5,7-11H2,1-2H3,(H,19,24). The molecule has 0 bridgehead atoms. The van der Waals surface area contributed by atoms with Crippen LogP contribution in [0, 0.1) is 0 Å². The van der Waals surface area contributed by atoms with E-state index in [1.807, 2.05) is 14.1 Å². The molecule has 2 heterocycles. The average Bonchev–Trinajstić information content (AvgIpc) is 2.64. The molecule has 1 aliphatic heterocycles. The van der Waals surface area contributed by atoms with Crippen LogP contribution in [0.5, 0.6) is 0 Å². The van der Waals surface area contributed by atoms with Crippen LogP contribution in [0.2, 0.25) is 0 Å². The molecule has 8 nitrogen and oxygen atoms in total. The zero-order chi connectivity index (χ0) is 18.2. The van der Waals surface area contributed by atoms with Gasteiger partial charge in [-0.15, -0.1) is 0 Å². The zero-order valence-corrected chi connectivity index (χ0v) is 14.8. The van der Waals surface area contributed by atoms with Crippen LogP contribution in [0.1, 0.15) is 27.3 Å². The molecule has 3 amide bonds. The summed E-state index contributed by atoms with van der Waals surface area (Å²) in [6, 6.07) is 3.12. The fourth-order valence-electron chi connectivity index (χ4n) is 2.58. The first-order valence-electron chi connectivity index (χ1n) is 8.39. The number of nitrogens with one attached hydrogen (secondary N) is 1. The molecule has 0 spiro atoms. The second-order valence-corrected chi connectivity index (χ2v) is 6.28. The van der Waals surface area contributed by atoms with Gasteiger partial charge in [-0.25, -0.2) is 0 Å². The van der Waals surface area contributed by atoms with Gasteiger partial charge in [-0.1, -0.05) is 0 Å². The van der Waals surface area contributed by atoms with Crippen LogP contribution >= 0.6 is 0 Å². The molecule has 1 saturated heterocycles. The van der Waals surface area contributed by atoms with E-state index >= 15 is 0 Å². The van der Waals surface area contributed by atoms with Gasteiger partial charge < -0.3 is 20.0 Å². The number of carbonyl (C=O) groups excluding carboxylic acids is 3. The molecule has 1 aliphatic rings. The molecule has 1 N–H and O–H groups in total. The minimum Gasteiger partial charge on any atom is -0.352 e. The SMILES string of the molecule is CN(C)CCCNC(=O)c1ccnc(C(=O)N2CCN(C=O)CC2)c1. The van der Waals surface area contributed by atoms with Crippen molar-refractivity contribution in [2.24, 2.45) is 0 Å². The number of carbonyl (C=O) groups is 3. The van der Waals surface area contributed by atoms with E-state index in [0.717, 1.165) is 19.4 Å². The highest BCUT2D eigenvalue weighted by atomic mass is 16.2. The Hall–Kier alpha value is -2.48. The third-order valence-electron chi connectivity index (χ3n) is 4.06. The number of aromatic nitrogens is 1. The summed E-state index contributed by atoms with van der Waals surface area (Å²) in [6.45, 7) is 3.45. The number of hydrogen-bond donors (Lipinski definition) is 1. The van der Waals surface area contributed by atoms with Crippen LogP contribution in [0.4, 0.5) is 0 Å². The number of hydrogen-bond acceptors (Lipinski definition) is 5. The molecule has 0 aromatic carbocycles. The van der Waals surface area contributed by atoms with Gasteiger partial charge in [0.1, 0.15) is 5.69 Å². The third kappa shape index (κ3) is 5.53. The van der Waals surface area contributed by atoms with E-state index in [-0.39, 0.29) is 17.5 Å². The molecular formula is C17H25N5O3. The highest BCUT2D eigenvalue weighted by molar-refractivity contribution is 5.98. The van der Waals surface area contributed by atoms with Gasteiger partial charge in [0, 0.05) is 44.5 Å². The van der Waals surface area contributed by atoms with Crippen molar-refractivity contribution in [3.8, 4) is 0 Å². The number of piperazine rings is 1. The van der Waals surface area contributed by atoms with Gasteiger partial charge in [0.15, 0.2) is 0 Å². The Morgan fingerprint density at radius 1 is 1.28 bits per heavy atom. The molecule has 0 unspecified atom stereocenters. The number of rotatable bonds is 7. The largest absolute Gasteiger partial charge is 0.352 e. The number of nitrogens with zero attached hydrogens (tertiary/aromatic N) is 4. The monoisotopic (exact) mass is 347 g/mol. The van der Waals surface area contributed by atoms with Crippen molar-refractivity contribution in [2.45, 2.75) is 6.42 Å². The Morgan fingerprint density at radius 2 is 2.00 bits per heavy atom. The Labute approximate surface area is 147 Å². The smallest absolute Gasteiger partial charge is 0.272 e. The number of amides is 3. The van der Waals surface area contributed by atoms with Crippen molar-refractivity contribution in [1.82, 2.24) is 25.0 Å².